The predicted octanol–water partition coefficient (Wildman–Crippen LogP) is 5.63. The van der Waals surface area contributed by atoms with Gasteiger partial charge in [-0.05, 0) is 55.3 Å². The highest BCUT2D eigenvalue weighted by Crippen LogP contribution is 2.29. The van der Waals surface area contributed by atoms with Crippen LogP contribution in [0, 0.1) is 5.92 Å². The molecule has 2 heteroatoms. The van der Waals surface area contributed by atoms with Crippen molar-refractivity contribution in [1.82, 2.24) is 0 Å². The molecule has 1 aromatic carbocycles. The van der Waals surface area contributed by atoms with Gasteiger partial charge in [0, 0.05) is 4.91 Å². The quantitative estimate of drug-likeness (QED) is 0.448. The summed E-state index contributed by atoms with van der Waals surface area (Å²) in [5.74, 6) is 0.381. The Morgan fingerprint density at radius 2 is 1.86 bits per heavy atom. The second-order valence-electron chi connectivity index (χ2n) is 6.32. The SMILES string of the molecule is CCCCCCc1cc(/C(S)=C(\C)C(C)CN)ccc1CC. The number of benzene rings is 1. The van der Waals surface area contributed by atoms with Gasteiger partial charge in [0.05, 0.1) is 0 Å². The van der Waals surface area contributed by atoms with Crippen molar-refractivity contribution in [3.8, 4) is 0 Å². The summed E-state index contributed by atoms with van der Waals surface area (Å²) < 4.78 is 0. The van der Waals surface area contributed by atoms with E-state index in [1.54, 1.807) is 0 Å². The Morgan fingerprint density at radius 1 is 1.14 bits per heavy atom. The third kappa shape index (κ3) is 5.48. The molecule has 0 fully saturated rings. The summed E-state index contributed by atoms with van der Waals surface area (Å²) in [6.45, 7) is 9.49. The molecular weight excluding hydrogens is 286 g/mol. The van der Waals surface area contributed by atoms with E-state index in [2.05, 4.69) is 45.9 Å². The first-order chi connectivity index (χ1) is 10.5. The summed E-state index contributed by atoms with van der Waals surface area (Å²) in [7, 11) is 0. The maximum atomic E-state index is 5.79. The van der Waals surface area contributed by atoms with E-state index in [-0.39, 0.29) is 0 Å². The average Bonchev–Trinajstić information content (AvgIpc) is 2.56. The largest absolute Gasteiger partial charge is 0.330 e. The van der Waals surface area contributed by atoms with E-state index in [0.717, 1.165) is 11.3 Å². The maximum absolute atomic E-state index is 5.79. The maximum Gasteiger partial charge on any atom is 0.0105 e. The molecular formula is C20H33NS. The first-order valence-electron chi connectivity index (χ1n) is 8.77. The number of hydrogen-bond acceptors (Lipinski definition) is 2. The number of unbranched alkanes of at least 4 members (excludes halogenated alkanes) is 3. The fraction of sp³-hybridized carbons (Fsp3) is 0.600. The minimum Gasteiger partial charge on any atom is -0.330 e. The highest BCUT2D eigenvalue weighted by atomic mass is 32.1. The first kappa shape index (κ1) is 19.3. The summed E-state index contributed by atoms with van der Waals surface area (Å²) >= 11 is 4.77. The molecule has 0 aromatic heterocycles. The Labute approximate surface area is 142 Å². The highest BCUT2D eigenvalue weighted by Gasteiger charge is 2.10. The van der Waals surface area contributed by atoms with Crippen molar-refractivity contribution >= 4 is 17.5 Å². The summed E-state index contributed by atoms with van der Waals surface area (Å²) in [5, 5.41) is 0. The zero-order valence-electron chi connectivity index (χ0n) is 14.8. The van der Waals surface area contributed by atoms with Gasteiger partial charge in [-0.3, -0.25) is 0 Å². The Bertz CT molecular complexity index is 490. The topological polar surface area (TPSA) is 26.0 Å². The van der Waals surface area contributed by atoms with E-state index in [1.807, 2.05) is 0 Å². The van der Waals surface area contributed by atoms with Crippen LogP contribution in [-0.4, -0.2) is 6.54 Å². The molecule has 0 saturated heterocycles. The lowest BCUT2D eigenvalue weighted by Gasteiger charge is -2.15. The fourth-order valence-corrected chi connectivity index (χ4v) is 3.09. The van der Waals surface area contributed by atoms with E-state index in [9.17, 15) is 0 Å². The van der Waals surface area contributed by atoms with Gasteiger partial charge in [0.1, 0.15) is 0 Å². The lowest BCUT2D eigenvalue weighted by Crippen LogP contribution is -2.12. The smallest absolute Gasteiger partial charge is 0.0105 e. The predicted molar refractivity (Wildman–Crippen MR) is 103 cm³/mol. The van der Waals surface area contributed by atoms with Gasteiger partial charge in [-0.15, -0.1) is 12.6 Å². The van der Waals surface area contributed by atoms with Crippen LogP contribution >= 0.6 is 12.6 Å². The van der Waals surface area contributed by atoms with Gasteiger partial charge in [0.25, 0.3) is 0 Å². The first-order valence-corrected chi connectivity index (χ1v) is 9.21. The second kappa shape index (κ2) is 10.1. The van der Waals surface area contributed by atoms with E-state index >= 15 is 0 Å². The molecule has 0 aliphatic carbocycles. The molecule has 0 radical (unpaired) electrons. The van der Waals surface area contributed by atoms with Crippen molar-refractivity contribution in [2.24, 2.45) is 11.7 Å². The van der Waals surface area contributed by atoms with Crippen molar-refractivity contribution in [2.45, 2.75) is 66.2 Å². The molecule has 0 bridgehead atoms. The molecule has 0 aliphatic heterocycles. The van der Waals surface area contributed by atoms with Crippen LogP contribution in [0.3, 0.4) is 0 Å². The molecule has 1 nitrogen and oxygen atoms in total. The van der Waals surface area contributed by atoms with Crippen LogP contribution in [0.2, 0.25) is 0 Å². The zero-order chi connectivity index (χ0) is 16.5. The van der Waals surface area contributed by atoms with E-state index in [4.69, 9.17) is 18.4 Å². The minimum absolute atomic E-state index is 0.381. The molecule has 0 spiro atoms. The molecule has 0 aliphatic rings. The number of aryl methyl sites for hydroxylation is 2. The molecule has 1 unspecified atom stereocenters. The van der Waals surface area contributed by atoms with Crippen molar-refractivity contribution in [2.75, 3.05) is 6.54 Å². The molecule has 0 amide bonds. The summed E-state index contributed by atoms with van der Waals surface area (Å²) in [6.07, 6.45) is 7.54. The summed E-state index contributed by atoms with van der Waals surface area (Å²) in [6, 6.07) is 6.84. The lowest BCUT2D eigenvalue weighted by molar-refractivity contribution is 0.664. The molecule has 1 atom stereocenters. The Kier molecular flexibility index (Phi) is 8.89. The Morgan fingerprint density at radius 3 is 2.45 bits per heavy atom. The van der Waals surface area contributed by atoms with Crippen LogP contribution < -0.4 is 5.73 Å². The number of nitrogens with two attached hydrogens (primary N) is 1. The van der Waals surface area contributed by atoms with Crippen molar-refractivity contribution < 1.29 is 0 Å². The minimum atomic E-state index is 0.381. The number of hydrogen-bond donors (Lipinski definition) is 2. The van der Waals surface area contributed by atoms with Crippen molar-refractivity contribution in [3.63, 3.8) is 0 Å². The van der Waals surface area contributed by atoms with E-state index in [0.29, 0.717) is 12.5 Å². The van der Waals surface area contributed by atoms with Gasteiger partial charge in [-0.1, -0.05) is 63.8 Å². The van der Waals surface area contributed by atoms with Gasteiger partial charge < -0.3 is 5.73 Å². The number of rotatable bonds is 9. The Balaban J connectivity index is 2.98. The molecule has 1 aromatic rings. The lowest BCUT2D eigenvalue weighted by atomic mass is 9.94. The summed E-state index contributed by atoms with van der Waals surface area (Å²) in [4.78, 5) is 1.09. The third-order valence-corrected chi connectivity index (χ3v) is 5.24. The van der Waals surface area contributed by atoms with Crippen molar-refractivity contribution in [3.05, 3.63) is 40.5 Å². The van der Waals surface area contributed by atoms with Gasteiger partial charge in [-0.2, -0.15) is 0 Å². The molecule has 124 valence electrons. The molecule has 1 rings (SSSR count). The van der Waals surface area contributed by atoms with Gasteiger partial charge >= 0.3 is 0 Å². The normalized spacial score (nSPS) is 13.9. The third-order valence-electron chi connectivity index (χ3n) is 4.63. The molecule has 2 N–H and O–H groups in total. The standard InChI is InChI=1S/C20H33NS/c1-5-7-8-9-10-18-13-19(12-11-17(18)6-2)20(22)16(4)15(3)14-21/h11-13,15,22H,5-10,14,21H2,1-4H3/b20-16-. The van der Waals surface area contributed by atoms with Crippen LogP contribution in [-0.2, 0) is 12.8 Å². The summed E-state index contributed by atoms with van der Waals surface area (Å²) in [5.41, 5.74) is 11.3. The molecule has 0 heterocycles. The Hall–Kier alpha value is -0.730. The van der Waals surface area contributed by atoms with Crippen LogP contribution in [0.25, 0.3) is 4.91 Å². The molecule has 0 saturated carbocycles. The van der Waals surface area contributed by atoms with Crippen molar-refractivity contribution in [1.29, 1.82) is 0 Å². The fourth-order valence-electron chi connectivity index (χ4n) is 2.73. The highest BCUT2D eigenvalue weighted by molar-refractivity contribution is 7.90. The van der Waals surface area contributed by atoms with Crippen LogP contribution in [0.5, 0.6) is 0 Å². The zero-order valence-corrected chi connectivity index (χ0v) is 15.7. The average molecular weight is 320 g/mol. The van der Waals surface area contributed by atoms with Crippen LogP contribution in [0.1, 0.15) is 70.1 Å². The van der Waals surface area contributed by atoms with Gasteiger partial charge in [-0.25, -0.2) is 0 Å². The molecule has 22 heavy (non-hydrogen) atoms. The monoisotopic (exact) mass is 319 g/mol. The van der Waals surface area contributed by atoms with Gasteiger partial charge in [0.15, 0.2) is 0 Å². The van der Waals surface area contributed by atoms with Crippen LogP contribution in [0.4, 0.5) is 0 Å². The van der Waals surface area contributed by atoms with Crippen LogP contribution in [0.15, 0.2) is 23.8 Å². The van der Waals surface area contributed by atoms with E-state index < -0.39 is 0 Å². The van der Waals surface area contributed by atoms with Gasteiger partial charge in [0.2, 0.25) is 0 Å². The second-order valence-corrected chi connectivity index (χ2v) is 6.76. The van der Waals surface area contributed by atoms with E-state index in [1.165, 1.54) is 54.4 Å². The number of thiol groups is 1.